The lowest BCUT2D eigenvalue weighted by Crippen LogP contribution is -2.30. The first-order valence-electron chi connectivity index (χ1n) is 6.98. The van der Waals surface area contributed by atoms with Crippen LogP contribution < -0.4 is 4.74 Å². The fraction of sp³-hybridized carbons (Fsp3) is 0.429. The predicted octanol–water partition coefficient (Wildman–Crippen LogP) is 1.91. The van der Waals surface area contributed by atoms with Gasteiger partial charge in [-0.2, -0.15) is 9.29 Å². The molecule has 1 aromatic heterocycles. The van der Waals surface area contributed by atoms with E-state index in [4.69, 9.17) is 9.26 Å². The predicted molar refractivity (Wildman–Crippen MR) is 77.9 cm³/mol. The summed E-state index contributed by atoms with van der Waals surface area (Å²) in [5.41, 5.74) is 0. The van der Waals surface area contributed by atoms with E-state index >= 15 is 0 Å². The average Bonchev–Trinajstić information content (AvgIpc) is 3.16. The van der Waals surface area contributed by atoms with Crippen molar-refractivity contribution in [3.05, 3.63) is 36.0 Å². The number of hydrogen-bond donors (Lipinski definition) is 0. The first-order valence-corrected chi connectivity index (χ1v) is 8.42. The minimum Gasteiger partial charge on any atom is -0.497 e. The number of aromatic nitrogens is 2. The number of benzene rings is 1. The number of methoxy groups -OCH3 is 1. The molecule has 3 rings (SSSR count). The fourth-order valence-corrected chi connectivity index (χ4v) is 4.26. The molecule has 0 saturated carbocycles. The second-order valence-corrected chi connectivity index (χ2v) is 7.02. The highest BCUT2D eigenvalue weighted by Crippen LogP contribution is 2.35. The Morgan fingerprint density at radius 3 is 2.64 bits per heavy atom. The van der Waals surface area contributed by atoms with Crippen LogP contribution >= 0.6 is 0 Å². The van der Waals surface area contributed by atoms with Crippen molar-refractivity contribution in [2.75, 3.05) is 13.7 Å². The lowest BCUT2D eigenvalue weighted by molar-refractivity contribution is 0.289. The van der Waals surface area contributed by atoms with Crippen LogP contribution in [0.4, 0.5) is 0 Å². The van der Waals surface area contributed by atoms with Crippen LogP contribution in [0, 0.1) is 6.92 Å². The van der Waals surface area contributed by atoms with Crippen molar-refractivity contribution < 1.29 is 17.7 Å². The molecule has 1 aliphatic heterocycles. The van der Waals surface area contributed by atoms with Gasteiger partial charge in [0.15, 0.2) is 5.82 Å². The smallest absolute Gasteiger partial charge is 0.245 e. The third-order valence-corrected chi connectivity index (χ3v) is 5.62. The molecular weight excluding hydrogens is 306 g/mol. The zero-order valence-corrected chi connectivity index (χ0v) is 13.2. The van der Waals surface area contributed by atoms with Crippen LogP contribution in [-0.2, 0) is 10.0 Å². The number of aryl methyl sites for hydroxylation is 1. The van der Waals surface area contributed by atoms with Crippen molar-refractivity contribution in [3.8, 4) is 5.75 Å². The number of hydrogen-bond acceptors (Lipinski definition) is 6. The van der Waals surface area contributed by atoms with Crippen molar-refractivity contribution in [2.24, 2.45) is 0 Å². The van der Waals surface area contributed by atoms with E-state index in [0.29, 0.717) is 30.4 Å². The molecule has 0 amide bonds. The number of ether oxygens (including phenoxy) is 1. The van der Waals surface area contributed by atoms with E-state index in [2.05, 4.69) is 10.1 Å². The molecule has 2 aromatic rings. The van der Waals surface area contributed by atoms with Crippen LogP contribution in [0.5, 0.6) is 5.75 Å². The highest BCUT2D eigenvalue weighted by atomic mass is 32.2. The summed E-state index contributed by atoms with van der Waals surface area (Å²) in [6.07, 6.45) is 1.44. The maximum Gasteiger partial charge on any atom is 0.245 e. The van der Waals surface area contributed by atoms with Crippen LogP contribution in [0.3, 0.4) is 0 Å². The molecule has 7 nitrogen and oxygen atoms in total. The fourth-order valence-electron chi connectivity index (χ4n) is 2.61. The molecule has 118 valence electrons. The van der Waals surface area contributed by atoms with Crippen molar-refractivity contribution in [1.82, 2.24) is 14.4 Å². The van der Waals surface area contributed by atoms with Crippen molar-refractivity contribution in [2.45, 2.75) is 30.7 Å². The molecular formula is C14H17N3O4S. The first kappa shape index (κ1) is 15.0. The lowest BCUT2D eigenvalue weighted by atomic mass is 10.2. The van der Waals surface area contributed by atoms with Crippen molar-refractivity contribution in [1.29, 1.82) is 0 Å². The Morgan fingerprint density at radius 1 is 1.32 bits per heavy atom. The second kappa shape index (κ2) is 5.69. The lowest BCUT2D eigenvalue weighted by Gasteiger charge is -2.21. The molecule has 0 aliphatic carbocycles. The van der Waals surface area contributed by atoms with Gasteiger partial charge in [0.05, 0.1) is 12.0 Å². The van der Waals surface area contributed by atoms with Gasteiger partial charge in [0.1, 0.15) is 11.8 Å². The van der Waals surface area contributed by atoms with Gasteiger partial charge in [-0.15, -0.1) is 0 Å². The monoisotopic (exact) mass is 323 g/mol. The average molecular weight is 323 g/mol. The van der Waals surface area contributed by atoms with Gasteiger partial charge in [-0.1, -0.05) is 5.16 Å². The molecule has 0 spiro atoms. The summed E-state index contributed by atoms with van der Waals surface area (Å²) in [5.74, 6) is 1.47. The highest BCUT2D eigenvalue weighted by molar-refractivity contribution is 7.89. The molecule has 1 fully saturated rings. The number of nitrogens with zero attached hydrogens (tertiary/aromatic N) is 3. The Hall–Kier alpha value is -1.93. The summed E-state index contributed by atoms with van der Waals surface area (Å²) in [5, 5.41) is 3.75. The number of sulfonamides is 1. The third kappa shape index (κ3) is 2.59. The summed E-state index contributed by atoms with van der Waals surface area (Å²) in [6.45, 7) is 2.16. The normalized spacial score (nSPS) is 19.5. The Bertz CT molecular complexity index is 755. The van der Waals surface area contributed by atoms with E-state index in [0.717, 1.165) is 6.42 Å². The van der Waals surface area contributed by atoms with E-state index in [1.807, 2.05) is 0 Å². The van der Waals surface area contributed by atoms with Gasteiger partial charge in [-0.25, -0.2) is 8.42 Å². The summed E-state index contributed by atoms with van der Waals surface area (Å²) in [7, 11) is -2.06. The van der Waals surface area contributed by atoms with Crippen LogP contribution in [0.15, 0.2) is 33.7 Å². The van der Waals surface area contributed by atoms with E-state index in [9.17, 15) is 8.42 Å². The minimum atomic E-state index is -3.60. The quantitative estimate of drug-likeness (QED) is 0.854. The van der Waals surface area contributed by atoms with Gasteiger partial charge in [-0.3, -0.25) is 0 Å². The molecule has 8 heteroatoms. The number of rotatable bonds is 4. The van der Waals surface area contributed by atoms with E-state index in [1.165, 1.54) is 11.4 Å². The van der Waals surface area contributed by atoms with Gasteiger partial charge in [0, 0.05) is 6.54 Å². The van der Waals surface area contributed by atoms with Crippen LogP contribution in [0.25, 0.3) is 0 Å². The largest absolute Gasteiger partial charge is 0.497 e. The molecule has 1 saturated heterocycles. The molecule has 0 N–H and O–H groups in total. The summed E-state index contributed by atoms with van der Waals surface area (Å²) >= 11 is 0. The summed E-state index contributed by atoms with van der Waals surface area (Å²) < 4.78 is 37.3. The maximum atomic E-state index is 12.8. The first-order chi connectivity index (χ1) is 10.5. The van der Waals surface area contributed by atoms with E-state index in [1.54, 1.807) is 31.2 Å². The highest BCUT2D eigenvalue weighted by Gasteiger charge is 2.39. The van der Waals surface area contributed by atoms with Crippen LogP contribution in [0.1, 0.15) is 30.6 Å². The Labute approximate surface area is 128 Å². The topological polar surface area (TPSA) is 85.5 Å². The molecule has 1 aromatic carbocycles. The SMILES string of the molecule is COc1ccc(S(=O)(=O)N2CCCC2c2nc(C)no2)cc1. The second-order valence-electron chi connectivity index (χ2n) is 5.13. The van der Waals surface area contributed by atoms with Crippen LogP contribution in [-0.4, -0.2) is 36.5 Å². The zero-order chi connectivity index (χ0) is 15.7. The standard InChI is InChI=1S/C14H17N3O4S/c1-10-15-14(21-16-10)13-4-3-9-17(13)22(18,19)12-7-5-11(20-2)6-8-12/h5-8,13H,3-4,9H2,1-2H3. The Kier molecular flexibility index (Phi) is 3.88. The van der Waals surface area contributed by atoms with Gasteiger partial charge >= 0.3 is 0 Å². The van der Waals surface area contributed by atoms with Gasteiger partial charge in [0.25, 0.3) is 0 Å². The molecule has 0 bridgehead atoms. The van der Waals surface area contributed by atoms with Gasteiger partial charge in [-0.05, 0) is 44.0 Å². The van der Waals surface area contributed by atoms with E-state index < -0.39 is 16.1 Å². The van der Waals surface area contributed by atoms with Crippen molar-refractivity contribution >= 4 is 10.0 Å². The maximum absolute atomic E-state index is 12.8. The van der Waals surface area contributed by atoms with Crippen LogP contribution in [0.2, 0.25) is 0 Å². The molecule has 1 aliphatic rings. The molecule has 22 heavy (non-hydrogen) atoms. The Morgan fingerprint density at radius 2 is 2.05 bits per heavy atom. The minimum absolute atomic E-state index is 0.233. The Balaban J connectivity index is 1.93. The molecule has 1 unspecified atom stereocenters. The molecule has 0 radical (unpaired) electrons. The van der Waals surface area contributed by atoms with Gasteiger partial charge in [0.2, 0.25) is 15.9 Å². The van der Waals surface area contributed by atoms with Gasteiger partial charge < -0.3 is 9.26 Å². The zero-order valence-electron chi connectivity index (χ0n) is 12.4. The summed E-state index contributed by atoms with van der Waals surface area (Å²) in [6, 6.07) is 5.96. The van der Waals surface area contributed by atoms with Crippen molar-refractivity contribution in [3.63, 3.8) is 0 Å². The summed E-state index contributed by atoms with van der Waals surface area (Å²) in [4.78, 5) is 4.41. The molecule has 1 atom stereocenters. The molecule has 2 heterocycles. The third-order valence-electron chi connectivity index (χ3n) is 3.70. The van der Waals surface area contributed by atoms with E-state index in [-0.39, 0.29) is 4.90 Å².